The molecule has 0 radical (unpaired) electrons. The maximum Gasteiger partial charge on any atom is 0.311 e. The summed E-state index contributed by atoms with van der Waals surface area (Å²) in [7, 11) is 0. The van der Waals surface area contributed by atoms with Gasteiger partial charge in [0.2, 0.25) is 5.75 Å². The SMILES string of the molecule is CCN(CC1COc2ccccc2O1)C(=O)COc1cc(F)ccc1[N+](=O)[O-]. The van der Waals surface area contributed by atoms with Crippen molar-refractivity contribution in [3.05, 3.63) is 58.4 Å². The molecule has 1 aliphatic heterocycles. The van der Waals surface area contributed by atoms with E-state index in [1.54, 1.807) is 19.1 Å². The highest BCUT2D eigenvalue weighted by molar-refractivity contribution is 5.78. The third-order valence-corrected chi connectivity index (χ3v) is 4.20. The first-order valence-electron chi connectivity index (χ1n) is 8.71. The van der Waals surface area contributed by atoms with Crippen LogP contribution in [0, 0.1) is 15.9 Å². The molecule has 9 heteroatoms. The van der Waals surface area contributed by atoms with Gasteiger partial charge in [0.25, 0.3) is 5.91 Å². The number of nitro benzene ring substituents is 1. The van der Waals surface area contributed by atoms with Gasteiger partial charge in [-0.15, -0.1) is 0 Å². The fraction of sp³-hybridized carbons (Fsp3) is 0.316. The van der Waals surface area contributed by atoms with Gasteiger partial charge in [0.05, 0.1) is 11.5 Å². The van der Waals surface area contributed by atoms with Gasteiger partial charge in [0.1, 0.15) is 12.4 Å². The normalized spacial score (nSPS) is 15.0. The van der Waals surface area contributed by atoms with Crippen LogP contribution in [0.4, 0.5) is 10.1 Å². The standard InChI is InChI=1S/C19H19FN2O6/c1-2-21(10-14-11-26-16-5-3-4-6-17(16)28-14)19(23)12-27-18-9-13(20)7-8-15(18)22(24)25/h3-9,14H,2,10-12H2,1H3. The van der Waals surface area contributed by atoms with Crippen LogP contribution in [0.15, 0.2) is 42.5 Å². The topological polar surface area (TPSA) is 91.1 Å². The third-order valence-electron chi connectivity index (χ3n) is 4.20. The maximum absolute atomic E-state index is 13.4. The van der Waals surface area contributed by atoms with Crippen LogP contribution in [-0.4, -0.2) is 48.1 Å². The van der Waals surface area contributed by atoms with E-state index in [0.29, 0.717) is 18.0 Å². The van der Waals surface area contributed by atoms with Crippen LogP contribution >= 0.6 is 0 Å². The molecule has 3 rings (SSSR count). The second-order valence-corrected chi connectivity index (χ2v) is 6.09. The molecule has 28 heavy (non-hydrogen) atoms. The van der Waals surface area contributed by atoms with Crippen molar-refractivity contribution in [3.63, 3.8) is 0 Å². The molecule has 148 valence electrons. The van der Waals surface area contributed by atoms with E-state index in [-0.39, 0.29) is 25.0 Å². The van der Waals surface area contributed by atoms with Gasteiger partial charge in [-0.05, 0) is 25.1 Å². The molecule has 0 N–H and O–H groups in total. The average molecular weight is 390 g/mol. The number of para-hydroxylation sites is 2. The van der Waals surface area contributed by atoms with Crippen molar-refractivity contribution < 1.29 is 28.3 Å². The number of carbonyl (C=O) groups excluding carboxylic acids is 1. The molecule has 2 aromatic carbocycles. The Morgan fingerprint density at radius 2 is 2.07 bits per heavy atom. The number of carbonyl (C=O) groups is 1. The Hall–Kier alpha value is -3.36. The van der Waals surface area contributed by atoms with Gasteiger partial charge in [0.15, 0.2) is 24.2 Å². The molecule has 1 unspecified atom stereocenters. The summed E-state index contributed by atoms with van der Waals surface area (Å²) < 4.78 is 30.1. The Labute approximate surface area is 160 Å². The lowest BCUT2D eigenvalue weighted by atomic mass is 10.2. The van der Waals surface area contributed by atoms with Crippen LogP contribution in [0.1, 0.15) is 6.92 Å². The second-order valence-electron chi connectivity index (χ2n) is 6.09. The monoisotopic (exact) mass is 390 g/mol. The van der Waals surface area contributed by atoms with Crippen molar-refractivity contribution in [3.8, 4) is 17.2 Å². The molecule has 1 heterocycles. The first-order valence-corrected chi connectivity index (χ1v) is 8.71. The minimum absolute atomic E-state index is 0.262. The average Bonchev–Trinajstić information content (AvgIpc) is 2.69. The lowest BCUT2D eigenvalue weighted by Crippen LogP contribution is -2.45. The van der Waals surface area contributed by atoms with E-state index < -0.39 is 28.9 Å². The van der Waals surface area contributed by atoms with Crippen LogP contribution < -0.4 is 14.2 Å². The fourth-order valence-corrected chi connectivity index (χ4v) is 2.79. The first-order chi connectivity index (χ1) is 13.5. The maximum atomic E-state index is 13.4. The van der Waals surface area contributed by atoms with Crippen LogP contribution in [0.2, 0.25) is 0 Å². The van der Waals surface area contributed by atoms with Crippen molar-refractivity contribution >= 4 is 11.6 Å². The van der Waals surface area contributed by atoms with Crippen molar-refractivity contribution in [2.45, 2.75) is 13.0 Å². The zero-order chi connectivity index (χ0) is 20.1. The molecule has 1 amide bonds. The predicted octanol–water partition coefficient (Wildman–Crippen LogP) is 2.80. The highest BCUT2D eigenvalue weighted by Gasteiger charge is 2.25. The number of amides is 1. The lowest BCUT2D eigenvalue weighted by molar-refractivity contribution is -0.385. The van der Waals surface area contributed by atoms with Crippen molar-refractivity contribution in [2.75, 3.05) is 26.3 Å². The molecule has 8 nitrogen and oxygen atoms in total. The Kier molecular flexibility index (Phi) is 5.93. The summed E-state index contributed by atoms with van der Waals surface area (Å²) in [5, 5.41) is 11.0. The smallest absolute Gasteiger partial charge is 0.311 e. The van der Waals surface area contributed by atoms with Crippen LogP contribution in [-0.2, 0) is 4.79 Å². The van der Waals surface area contributed by atoms with Crippen molar-refractivity contribution in [2.24, 2.45) is 0 Å². The van der Waals surface area contributed by atoms with Gasteiger partial charge in [-0.2, -0.15) is 0 Å². The van der Waals surface area contributed by atoms with Crippen molar-refractivity contribution in [1.29, 1.82) is 0 Å². The molecule has 0 saturated carbocycles. The van der Waals surface area contributed by atoms with Crippen LogP contribution in [0.25, 0.3) is 0 Å². The number of nitrogens with zero attached hydrogens (tertiary/aromatic N) is 2. The lowest BCUT2D eigenvalue weighted by Gasteiger charge is -2.30. The molecule has 0 aromatic heterocycles. The van der Waals surface area contributed by atoms with E-state index in [0.717, 1.165) is 18.2 Å². The highest BCUT2D eigenvalue weighted by atomic mass is 19.1. The number of hydrogen-bond donors (Lipinski definition) is 0. The van der Waals surface area contributed by atoms with E-state index in [1.807, 2.05) is 12.1 Å². The van der Waals surface area contributed by atoms with E-state index in [2.05, 4.69) is 0 Å². The minimum Gasteiger partial charge on any atom is -0.486 e. The molecule has 0 spiro atoms. The summed E-state index contributed by atoms with van der Waals surface area (Å²) in [5.74, 6) is -0.125. The quantitative estimate of drug-likeness (QED) is 0.533. The Balaban J connectivity index is 1.60. The number of rotatable bonds is 7. The summed E-state index contributed by atoms with van der Waals surface area (Å²) >= 11 is 0. The zero-order valence-corrected chi connectivity index (χ0v) is 15.2. The van der Waals surface area contributed by atoms with E-state index in [9.17, 15) is 19.3 Å². The molecular formula is C19H19FN2O6. The third kappa shape index (κ3) is 4.48. The molecule has 0 saturated heterocycles. The minimum atomic E-state index is -0.693. The Morgan fingerprint density at radius 1 is 1.32 bits per heavy atom. The molecular weight excluding hydrogens is 371 g/mol. The molecule has 0 bridgehead atoms. The second kappa shape index (κ2) is 8.55. The van der Waals surface area contributed by atoms with E-state index >= 15 is 0 Å². The number of fused-ring (bicyclic) bond motifs is 1. The van der Waals surface area contributed by atoms with Gasteiger partial charge in [-0.3, -0.25) is 14.9 Å². The Bertz CT molecular complexity index is 875. The summed E-state index contributed by atoms with van der Waals surface area (Å²) in [6.07, 6.45) is -0.359. The zero-order valence-electron chi connectivity index (χ0n) is 15.2. The summed E-state index contributed by atoms with van der Waals surface area (Å²) in [4.78, 5) is 24.3. The van der Waals surface area contributed by atoms with Gasteiger partial charge < -0.3 is 19.1 Å². The number of likely N-dealkylation sites (N-methyl/N-ethyl adjacent to an activating group) is 1. The van der Waals surface area contributed by atoms with E-state index in [1.165, 1.54) is 4.90 Å². The number of benzene rings is 2. The largest absolute Gasteiger partial charge is 0.486 e. The highest BCUT2D eigenvalue weighted by Crippen LogP contribution is 2.31. The first kappa shape index (κ1) is 19.4. The van der Waals surface area contributed by atoms with Crippen molar-refractivity contribution in [1.82, 2.24) is 4.90 Å². The van der Waals surface area contributed by atoms with Crippen LogP contribution in [0.5, 0.6) is 17.2 Å². The summed E-state index contributed by atoms with van der Waals surface area (Å²) in [6.45, 7) is 2.27. The summed E-state index contributed by atoms with van der Waals surface area (Å²) in [6, 6.07) is 10.1. The van der Waals surface area contributed by atoms with Crippen LogP contribution in [0.3, 0.4) is 0 Å². The molecule has 2 aromatic rings. The Morgan fingerprint density at radius 3 is 2.79 bits per heavy atom. The van der Waals surface area contributed by atoms with Gasteiger partial charge in [0, 0.05) is 18.7 Å². The van der Waals surface area contributed by atoms with Gasteiger partial charge in [-0.1, -0.05) is 12.1 Å². The van der Waals surface area contributed by atoms with Gasteiger partial charge in [-0.25, -0.2) is 4.39 Å². The predicted molar refractivity (Wildman–Crippen MR) is 97.2 cm³/mol. The molecule has 0 aliphatic carbocycles. The fourth-order valence-electron chi connectivity index (χ4n) is 2.79. The number of halogens is 1. The molecule has 0 fully saturated rings. The molecule has 1 atom stereocenters. The number of hydrogen-bond acceptors (Lipinski definition) is 6. The summed E-state index contributed by atoms with van der Waals surface area (Å²) in [5.41, 5.74) is -0.405. The van der Waals surface area contributed by atoms with E-state index in [4.69, 9.17) is 14.2 Å². The van der Waals surface area contributed by atoms with Gasteiger partial charge >= 0.3 is 5.69 Å². The molecule has 1 aliphatic rings. The number of ether oxygens (including phenoxy) is 3. The number of nitro groups is 1.